The summed E-state index contributed by atoms with van der Waals surface area (Å²) in [6.07, 6.45) is 0. The molecule has 31 heavy (non-hydrogen) atoms. The topological polar surface area (TPSA) is 88.3 Å². The molecule has 8 heteroatoms. The minimum absolute atomic E-state index is 0.176. The van der Waals surface area contributed by atoms with Crippen LogP contribution >= 0.6 is 11.5 Å². The minimum atomic E-state index is -1.01. The average molecular weight is 441 g/mol. The standard InChI is InChI=1S/C23H28N4O3S/c1-14(2)16-8-10-17(11-9-16)27(22(29)18-13-31-26-25-18)20(19-12-7-15(3)30-19)21(28)24-23(4,5)6/h7-14,20H,1-6H3,(H,24,28). The van der Waals surface area contributed by atoms with Crippen LogP contribution in [0.3, 0.4) is 0 Å². The fourth-order valence-corrected chi connectivity index (χ4v) is 3.63. The van der Waals surface area contributed by atoms with Gasteiger partial charge >= 0.3 is 0 Å². The molecule has 0 aliphatic heterocycles. The van der Waals surface area contributed by atoms with Crippen molar-refractivity contribution in [3.8, 4) is 0 Å². The number of amides is 2. The van der Waals surface area contributed by atoms with Gasteiger partial charge in [0, 0.05) is 16.6 Å². The molecule has 0 aliphatic carbocycles. The number of anilines is 1. The third kappa shape index (κ3) is 5.38. The van der Waals surface area contributed by atoms with Crippen molar-refractivity contribution in [2.24, 2.45) is 0 Å². The van der Waals surface area contributed by atoms with E-state index in [4.69, 9.17) is 4.42 Å². The molecule has 7 nitrogen and oxygen atoms in total. The fraction of sp³-hybridized carbons (Fsp3) is 0.391. The van der Waals surface area contributed by atoms with Crippen molar-refractivity contribution in [2.75, 3.05) is 4.90 Å². The van der Waals surface area contributed by atoms with E-state index in [0.29, 0.717) is 23.1 Å². The Balaban J connectivity index is 2.14. The third-order valence-electron chi connectivity index (χ3n) is 4.67. The van der Waals surface area contributed by atoms with E-state index in [2.05, 4.69) is 28.8 Å². The van der Waals surface area contributed by atoms with Crippen LogP contribution in [0.25, 0.3) is 0 Å². The molecule has 2 amide bonds. The third-order valence-corrected chi connectivity index (χ3v) is 5.18. The number of carbonyl (C=O) groups excluding carboxylic acids is 2. The Labute approximate surface area is 186 Å². The number of nitrogens with zero attached hydrogens (tertiary/aromatic N) is 3. The second kappa shape index (κ2) is 9.01. The van der Waals surface area contributed by atoms with E-state index in [1.807, 2.05) is 45.0 Å². The van der Waals surface area contributed by atoms with Crippen molar-refractivity contribution >= 4 is 29.0 Å². The first kappa shape index (κ1) is 22.7. The summed E-state index contributed by atoms with van der Waals surface area (Å²) in [4.78, 5) is 28.4. The van der Waals surface area contributed by atoms with Crippen LogP contribution in [0.2, 0.25) is 0 Å². The maximum Gasteiger partial charge on any atom is 0.280 e. The average Bonchev–Trinajstić information content (AvgIpc) is 3.36. The van der Waals surface area contributed by atoms with E-state index in [1.165, 1.54) is 4.90 Å². The predicted octanol–water partition coefficient (Wildman–Crippen LogP) is 4.87. The Kier molecular flexibility index (Phi) is 6.59. The number of furan rings is 1. The zero-order valence-electron chi connectivity index (χ0n) is 18.7. The summed E-state index contributed by atoms with van der Waals surface area (Å²) in [7, 11) is 0. The Bertz CT molecular complexity index is 1030. The molecule has 3 rings (SSSR count). The van der Waals surface area contributed by atoms with Crippen LogP contribution in [0.4, 0.5) is 5.69 Å². The van der Waals surface area contributed by atoms with E-state index < -0.39 is 17.5 Å². The highest BCUT2D eigenvalue weighted by atomic mass is 32.1. The number of hydrogen-bond acceptors (Lipinski definition) is 6. The SMILES string of the molecule is Cc1ccc(C(C(=O)NC(C)(C)C)N(C(=O)c2csnn2)c2ccc(C(C)C)cc2)o1. The molecular formula is C23H28N4O3S. The van der Waals surface area contributed by atoms with Crippen LogP contribution in [0.5, 0.6) is 0 Å². The van der Waals surface area contributed by atoms with Crippen molar-refractivity contribution in [3.63, 3.8) is 0 Å². The molecule has 2 heterocycles. The summed E-state index contributed by atoms with van der Waals surface area (Å²) >= 11 is 1.08. The second-order valence-electron chi connectivity index (χ2n) is 8.80. The number of nitrogens with one attached hydrogen (secondary N) is 1. The van der Waals surface area contributed by atoms with E-state index >= 15 is 0 Å². The van der Waals surface area contributed by atoms with Crippen LogP contribution in [0.15, 0.2) is 46.2 Å². The minimum Gasteiger partial charge on any atom is -0.464 e. The van der Waals surface area contributed by atoms with Crippen LogP contribution in [-0.4, -0.2) is 26.9 Å². The lowest BCUT2D eigenvalue weighted by Gasteiger charge is -2.32. The molecule has 0 saturated heterocycles. The van der Waals surface area contributed by atoms with Crippen molar-refractivity contribution in [2.45, 2.75) is 59.0 Å². The highest BCUT2D eigenvalue weighted by Gasteiger charge is 2.37. The number of aromatic nitrogens is 2. The number of aryl methyl sites for hydroxylation is 1. The number of rotatable bonds is 6. The van der Waals surface area contributed by atoms with Gasteiger partial charge in [0.2, 0.25) is 0 Å². The maximum absolute atomic E-state index is 13.5. The summed E-state index contributed by atoms with van der Waals surface area (Å²) in [6.45, 7) is 11.7. The molecule has 1 aromatic carbocycles. The number of benzene rings is 1. The van der Waals surface area contributed by atoms with Gasteiger partial charge in [0.05, 0.1) is 0 Å². The summed E-state index contributed by atoms with van der Waals surface area (Å²) in [5, 5.41) is 8.49. The van der Waals surface area contributed by atoms with Crippen LogP contribution in [0, 0.1) is 6.92 Å². The molecule has 0 aliphatic rings. The first-order valence-corrected chi connectivity index (χ1v) is 11.0. The van der Waals surface area contributed by atoms with Gasteiger partial charge in [0.15, 0.2) is 11.7 Å². The van der Waals surface area contributed by atoms with Gasteiger partial charge in [-0.05, 0) is 75.0 Å². The monoisotopic (exact) mass is 440 g/mol. The van der Waals surface area contributed by atoms with Gasteiger partial charge in [-0.1, -0.05) is 30.5 Å². The van der Waals surface area contributed by atoms with Crippen molar-refractivity contribution < 1.29 is 14.0 Å². The quantitative estimate of drug-likeness (QED) is 0.591. The molecule has 3 aromatic rings. The van der Waals surface area contributed by atoms with Gasteiger partial charge < -0.3 is 9.73 Å². The number of hydrogen-bond donors (Lipinski definition) is 1. The molecule has 0 spiro atoms. The Hall–Kier alpha value is -3.00. The van der Waals surface area contributed by atoms with Crippen LogP contribution in [-0.2, 0) is 4.79 Å². The molecule has 0 radical (unpaired) electrons. The lowest BCUT2D eigenvalue weighted by Crippen LogP contribution is -2.49. The zero-order chi connectivity index (χ0) is 22.8. The van der Waals surface area contributed by atoms with Crippen molar-refractivity contribution in [3.05, 3.63) is 64.6 Å². The number of carbonyl (C=O) groups is 2. The highest BCUT2D eigenvalue weighted by Crippen LogP contribution is 2.32. The zero-order valence-corrected chi connectivity index (χ0v) is 19.5. The molecule has 2 aromatic heterocycles. The molecular weight excluding hydrogens is 412 g/mol. The lowest BCUT2D eigenvalue weighted by atomic mass is 10.0. The first-order chi connectivity index (χ1) is 14.6. The summed E-state index contributed by atoms with van der Waals surface area (Å²) in [6, 6.07) is 10.1. The van der Waals surface area contributed by atoms with Gasteiger partial charge in [-0.2, -0.15) is 0 Å². The van der Waals surface area contributed by atoms with Gasteiger partial charge in [-0.15, -0.1) is 5.10 Å². The predicted molar refractivity (Wildman–Crippen MR) is 121 cm³/mol. The van der Waals surface area contributed by atoms with Crippen molar-refractivity contribution in [1.82, 2.24) is 14.9 Å². The normalized spacial score (nSPS) is 12.6. The van der Waals surface area contributed by atoms with E-state index in [-0.39, 0.29) is 11.6 Å². The van der Waals surface area contributed by atoms with Crippen molar-refractivity contribution in [1.29, 1.82) is 0 Å². The first-order valence-electron chi connectivity index (χ1n) is 10.2. The molecule has 1 unspecified atom stereocenters. The molecule has 164 valence electrons. The Morgan fingerprint density at radius 1 is 1.10 bits per heavy atom. The van der Waals surface area contributed by atoms with E-state index in [0.717, 1.165) is 17.1 Å². The summed E-state index contributed by atoms with van der Waals surface area (Å²) < 4.78 is 9.64. The van der Waals surface area contributed by atoms with Gasteiger partial charge in [0.1, 0.15) is 11.5 Å². The fourth-order valence-electron chi connectivity index (χ4n) is 3.20. The van der Waals surface area contributed by atoms with Gasteiger partial charge in [-0.25, -0.2) is 0 Å². The van der Waals surface area contributed by atoms with Gasteiger partial charge in [-0.3, -0.25) is 14.5 Å². The summed E-state index contributed by atoms with van der Waals surface area (Å²) in [5.41, 5.74) is 1.39. The van der Waals surface area contributed by atoms with Gasteiger partial charge in [0.25, 0.3) is 11.8 Å². The molecule has 0 fully saturated rings. The van der Waals surface area contributed by atoms with Crippen LogP contribution in [0.1, 0.15) is 74.2 Å². The van der Waals surface area contributed by atoms with E-state index in [9.17, 15) is 9.59 Å². The Morgan fingerprint density at radius 3 is 2.26 bits per heavy atom. The molecule has 1 N–H and O–H groups in total. The Morgan fingerprint density at radius 2 is 1.77 bits per heavy atom. The van der Waals surface area contributed by atoms with Crippen LogP contribution < -0.4 is 10.2 Å². The highest BCUT2D eigenvalue weighted by molar-refractivity contribution is 7.03. The molecule has 0 bridgehead atoms. The largest absolute Gasteiger partial charge is 0.464 e. The maximum atomic E-state index is 13.5. The molecule has 1 atom stereocenters. The smallest absolute Gasteiger partial charge is 0.280 e. The lowest BCUT2D eigenvalue weighted by molar-refractivity contribution is -0.124. The second-order valence-corrected chi connectivity index (χ2v) is 9.41. The summed E-state index contributed by atoms with van der Waals surface area (Å²) in [5.74, 6) is 0.610. The van der Waals surface area contributed by atoms with E-state index in [1.54, 1.807) is 24.4 Å². The molecule has 0 saturated carbocycles.